The molecule has 10 nitrogen and oxygen atoms in total. The fourth-order valence-corrected chi connectivity index (χ4v) is 6.22. The van der Waals surface area contributed by atoms with Gasteiger partial charge in [-0.15, -0.1) is 0 Å². The molecule has 3 aromatic carbocycles. The summed E-state index contributed by atoms with van der Waals surface area (Å²) in [6.07, 6.45) is 1.31. The standard InChI is InChI=1S/C35H36N4O6/c1-22-17-25(18-23(2)32(22)44-21-24-9-5-4-6-10-24)19-30(33(40)43-3)45-35(42)38-15-13-26(14-16-38)39-29-20-36-28-12-8-7-11-27(28)31(29)37-34(39)41/h4-12,17-18,20,26,30H,13-16,19,21H2,1-3H3,(H,37,41). The Morgan fingerprint density at radius 2 is 1.67 bits per heavy atom. The number of benzene rings is 3. The highest BCUT2D eigenvalue weighted by molar-refractivity contribution is 6.01. The SMILES string of the molecule is COC(=O)C(Cc1cc(C)c(OCc2ccccc2)c(C)c1)OC(=O)N1CCC(n2c(=O)[nH]c3c4ccccc4ncc32)CC1. The normalized spacial score (nSPS) is 14.4. The molecule has 0 radical (unpaired) electrons. The van der Waals surface area contributed by atoms with Crippen molar-refractivity contribution in [3.8, 4) is 5.75 Å². The van der Waals surface area contributed by atoms with Crippen LogP contribution in [0.3, 0.4) is 0 Å². The molecule has 10 heteroatoms. The minimum absolute atomic E-state index is 0.108. The summed E-state index contributed by atoms with van der Waals surface area (Å²) in [4.78, 5) is 48.1. The zero-order valence-electron chi connectivity index (χ0n) is 25.6. The van der Waals surface area contributed by atoms with Gasteiger partial charge in [0.1, 0.15) is 12.4 Å². The summed E-state index contributed by atoms with van der Waals surface area (Å²) in [6.45, 7) is 5.12. The Hall–Kier alpha value is -5.12. The van der Waals surface area contributed by atoms with Gasteiger partial charge in [0.15, 0.2) is 0 Å². The topological polar surface area (TPSA) is 116 Å². The van der Waals surface area contributed by atoms with Crippen molar-refractivity contribution in [3.63, 3.8) is 0 Å². The lowest BCUT2D eigenvalue weighted by molar-refractivity contribution is -0.151. The Balaban J connectivity index is 1.11. The number of H-pyrrole nitrogens is 1. The first-order valence-corrected chi connectivity index (χ1v) is 15.1. The maximum absolute atomic E-state index is 13.2. The van der Waals surface area contributed by atoms with E-state index in [4.69, 9.17) is 14.2 Å². The van der Waals surface area contributed by atoms with Crippen LogP contribution in [0, 0.1) is 13.8 Å². The number of para-hydroxylation sites is 1. The summed E-state index contributed by atoms with van der Waals surface area (Å²) in [7, 11) is 1.28. The van der Waals surface area contributed by atoms with E-state index in [1.165, 1.54) is 7.11 Å². The van der Waals surface area contributed by atoms with E-state index in [1.54, 1.807) is 15.7 Å². The van der Waals surface area contributed by atoms with Gasteiger partial charge in [-0.25, -0.2) is 14.4 Å². The first-order valence-electron chi connectivity index (χ1n) is 15.1. The summed E-state index contributed by atoms with van der Waals surface area (Å²) in [5.41, 5.74) is 5.87. The molecule has 1 amide bonds. The lowest BCUT2D eigenvalue weighted by Crippen LogP contribution is -2.43. The summed E-state index contributed by atoms with van der Waals surface area (Å²) < 4.78 is 18.6. The Bertz CT molecular complexity index is 1880. The van der Waals surface area contributed by atoms with Crippen LogP contribution >= 0.6 is 0 Å². The number of aryl methyl sites for hydroxylation is 2. The monoisotopic (exact) mass is 608 g/mol. The second-order valence-corrected chi connectivity index (χ2v) is 11.5. The number of carbonyl (C=O) groups excluding carboxylic acids is 2. The number of fused-ring (bicyclic) bond motifs is 3. The van der Waals surface area contributed by atoms with Gasteiger partial charge in [0.25, 0.3) is 0 Å². The number of hydrogen-bond donors (Lipinski definition) is 1. The zero-order valence-corrected chi connectivity index (χ0v) is 25.6. The molecular weight excluding hydrogens is 572 g/mol. The van der Waals surface area contributed by atoms with Crippen molar-refractivity contribution >= 4 is 34.0 Å². The number of amides is 1. The molecule has 232 valence electrons. The number of ether oxygens (including phenoxy) is 3. The number of carbonyl (C=O) groups is 2. The first kappa shape index (κ1) is 29.9. The van der Waals surface area contributed by atoms with Crippen molar-refractivity contribution in [2.75, 3.05) is 20.2 Å². The van der Waals surface area contributed by atoms with Gasteiger partial charge in [-0.05, 0) is 55.0 Å². The number of nitrogens with zero attached hydrogens (tertiary/aromatic N) is 3. The second kappa shape index (κ2) is 12.9. The quantitative estimate of drug-likeness (QED) is 0.227. The molecule has 45 heavy (non-hydrogen) atoms. The molecular formula is C35H36N4O6. The number of methoxy groups -OCH3 is 1. The molecule has 1 atom stereocenters. The largest absolute Gasteiger partial charge is 0.488 e. The molecule has 0 aliphatic carbocycles. The van der Waals surface area contributed by atoms with Crippen LogP contribution in [0.25, 0.3) is 21.9 Å². The van der Waals surface area contributed by atoms with Gasteiger partial charge < -0.3 is 24.1 Å². The fraction of sp³-hybridized carbons (Fsp3) is 0.314. The molecule has 1 saturated heterocycles. The van der Waals surface area contributed by atoms with Crippen LogP contribution in [0.2, 0.25) is 0 Å². The Labute approximate surface area is 260 Å². The molecule has 0 saturated carbocycles. The number of esters is 1. The van der Waals surface area contributed by atoms with E-state index < -0.39 is 18.2 Å². The third kappa shape index (κ3) is 6.26. The highest BCUT2D eigenvalue weighted by Gasteiger charge is 2.31. The number of pyridine rings is 1. The fourth-order valence-electron chi connectivity index (χ4n) is 6.22. The maximum Gasteiger partial charge on any atom is 0.410 e. The Morgan fingerprint density at radius 3 is 2.38 bits per heavy atom. The third-order valence-corrected chi connectivity index (χ3v) is 8.43. The zero-order chi connectivity index (χ0) is 31.5. The average Bonchev–Trinajstić information content (AvgIpc) is 3.40. The molecule has 2 aromatic heterocycles. The van der Waals surface area contributed by atoms with Crippen LogP contribution in [-0.2, 0) is 27.3 Å². The molecule has 0 spiro atoms. The molecule has 1 aliphatic heterocycles. The number of nitrogens with one attached hydrogen (secondary N) is 1. The molecule has 1 aliphatic rings. The van der Waals surface area contributed by atoms with E-state index in [0.717, 1.165) is 49.9 Å². The van der Waals surface area contributed by atoms with E-state index in [9.17, 15) is 14.4 Å². The summed E-state index contributed by atoms with van der Waals surface area (Å²) in [5.74, 6) is 0.165. The Morgan fingerprint density at radius 1 is 0.978 bits per heavy atom. The van der Waals surface area contributed by atoms with Crippen molar-refractivity contribution < 1.29 is 23.8 Å². The minimum Gasteiger partial charge on any atom is -0.488 e. The highest BCUT2D eigenvalue weighted by atomic mass is 16.6. The van der Waals surface area contributed by atoms with Crippen LogP contribution < -0.4 is 10.4 Å². The number of likely N-dealkylation sites (tertiary alicyclic amines) is 1. The lowest BCUT2D eigenvalue weighted by atomic mass is 10.0. The van der Waals surface area contributed by atoms with Crippen molar-refractivity contribution in [2.24, 2.45) is 0 Å². The van der Waals surface area contributed by atoms with Crippen LogP contribution in [0.4, 0.5) is 4.79 Å². The lowest BCUT2D eigenvalue weighted by Gasteiger charge is -2.32. The van der Waals surface area contributed by atoms with E-state index in [2.05, 4.69) is 9.97 Å². The van der Waals surface area contributed by atoms with Gasteiger partial charge in [-0.1, -0.05) is 60.7 Å². The number of rotatable bonds is 8. The van der Waals surface area contributed by atoms with Gasteiger partial charge in [-0.2, -0.15) is 0 Å². The van der Waals surface area contributed by atoms with Crippen LogP contribution in [0.15, 0.2) is 77.7 Å². The summed E-state index contributed by atoms with van der Waals surface area (Å²) >= 11 is 0. The number of imidazole rings is 1. The van der Waals surface area contributed by atoms with E-state index >= 15 is 0 Å². The molecule has 1 fully saturated rings. The number of aromatic nitrogens is 3. The number of hydrogen-bond acceptors (Lipinski definition) is 7. The van der Waals surface area contributed by atoms with Crippen molar-refractivity contribution in [3.05, 3.63) is 106 Å². The predicted octanol–water partition coefficient (Wildman–Crippen LogP) is 5.63. The Kier molecular flexibility index (Phi) is 8.55. The van der Waals surface area contributed by atoms with E-state index in [0.29, 0.717) is 32.5 Å². The van der Waals surface area contributed by atoms with Crippen LogP contribution in [0.5, 0.6) is 5.75 Å². The maximum atomic E-state index is 13.2. The van der Waals surface area contributed by atoms with Gasteiger partial charge in [0.05, 0.1) is 29.9 Å². The second-order valence-electron chi connectivity index (χ2n) is 11.5. The van der Waals surface area contributed by atoms with Crippen molar-refractivity contribution in [1.29, 1.82) is 0 Å². The average molecular weight is 609 g/mol. The summed E-state index contributed by atoms with van der Waals surface area (Å²) in [5, 5.41) is 0.889. The molecule has 1 N–H and O–H groups in total. The van der Waals surface area contributed by atoms with Gasteiger partial charge in [0, 0.05) is 30.9 Å². The molecule has 0 bridgehead atoms. The third-order valence-electron chi connectivity index (χ3n) is 8.43. The van der Waals surface area contributed by atoms with Crippen LogP contribution in [0.1, 0.15) is 41.1 Å². The molecule has 5 aromatic rings. The molecule has 1 unspecified atom stereocenters. The van der Waals surface area contributed by atoms with Crippen molar-refractivity contribution in [2.45, 2.75) is 51.9 Å². The van der Waals surface area contributed by atoms with Gasteiger partial charge in [-0.3, -0.25) is 9.55 Å². The predicted molar refractivity (Wildman–Crippen MR) is 170 cm³/mol. The highest BCUT2D eigenvalue weighted by Crippen LogP contribution is 2.29. The number of piperidine rings is 1. The molecule has 6 rings (SSSR count). The number of aromatic amines is 1. The van der Waals surface area contributed by atoms with Crippen LogP contribution in [-0.4, -0.2) is 57.8 Å². The smallest absolute Gasteiger partial charge is 0.410 e. The van der Waals surface area contributed by atoms with Gasteiger partial charge in [0.2, 0.25) is 6.10 Å². The van der Waals surface area contributed by atoms with E-state index in [1.807, 2.05) is 80.6 Å². The van der Waals surface area contributed by atoms with Crippen molar-refractivity contribution in [1.82, 2.24) is 19.4 Å². The summed E-state index contributed by atoms with van der Waals surface area (Å²) in [6, 6.07) is 21.4. The minimum atomic E-state index is -1.11. The molecule has 3 heterocycles. The van der Waals surface area contributed by atoms with E-state index in [-0.39, 0.29) is 18.2 Å². The van der Waals surface area contributed by atoms with Gasteiger partial charge >= 0.3 is 17.8 Å². The first-order chi connectivity index (χ1) is 21.8.